The molecule has 0 saturated heterocycles. The summed E-state index contributed by atoms with van der Waals surface area (Å²) < 4.78 is 16.2. The van der Waals surface area contributed by atoms with Crippen molar-refractivity contribution in [3.63, 3.8) is 0 Å². The fraction of sp³-hybridized carbons (Fsp3) is 0.211. The van der Waals surface area contributed by atoms with Gasteiger partial charge in [-0.1, -0.05) is 35.9 Å². The van der Waals surface area contributed by atoms with Gasteiger partial charge in [-0.2, -0.15) is 4.99 Å². The van der Waals surface area contributed by atoms with Crippen molar-refractivity contribution in [3.8, 4) is 0 Å². The van der Waals surface area contributed by atoms with Gasteiger partial charge in [-0.05, 0) is 49.2 Å². The number of carboxylic acids is 1. The van der Waals surface area contributed by atoms with E-state index in [1.54, 1.807) is 38.1 Å². The predicted octanol–water partition coefficient (Wildman–Crippen LogP) is 4.58. The van der Waals surface area contributed by atoms with Gasteiger partial charge >= 0.3 is 5.97 Å². The van der Waals surface area contributed by atoms with Crippen LogP contribution in [0.3, 0.4) is 0 Å². The molecular weight excluding hydrogens is 391 g/mol. The maximum atomic E-state index is 14.1. The molecule has 0 aliphatic rings. The number of fused-ring (bicyclic) bond motifs is 1. The summed E-state index contributed by atoms with van der Waals surface area (Å²) >= 11 is 7.07. The number of carbonyl (C=O) groups is 2. The molecule has 0 bridgehead atoms. The molecule has 1 unspecified atom stereocenters. The van der Waals surface area contributed by atoms with Gasteiger partial charge in [-0.3, -0.25) is 4.79 Å². The number of hydrogen-bond donors (Lipinski definition) is 1. The van der Waals surface area contributed by atoms with E-state index in [-0.39, 0.29) is 16.8 Å². The first kappa shape index (κ1) is 19.3. The lowest BCUT2D eigenvalue weighted by molar-refractivity contribution is -0.140. The molecule has 1 atom stereocenters. The van der Waals surface area contributed by atoms with Gasteiger partial charge in [0.05, 0.1) is 10.2 Å². The topological polar surface area (TPSA) is 71.7 Å². The Balaban J connectivity index is 2.28. The number of amides is 1. The van der Waals surface area contributed by atoms with Gasteiger partial charge in [0.25, 0.3) is 5.91 Å². The molecule has 5 nitrogen and oxygen atoms in total. The highest BCUT2D eigenvalue weighted by Gasteiger charge is 2.23. The van der Waals surface area contributed by atoms with Crippen LogP contribution < -0.4 is 4.80 Å². The van der Waals surface area contributed by atoms with Crippen LogP contribution in [0, 0.1) is 12.7 Å². The SMILES string of the molecule is CCC(C(=O)O)n1/c(=N/C(=O)c2cccc(Cl)c2)sc2cc(C)c(F)cc21. The Kier molecular flexibility index (Phi) is 5.43. The van der Waals surface area contributed by atoms with Crippen molar-refractivity contribution in [1.29, 1.82) is 0 Å². The number of rotatable bonds is 4. The highest BCUT2D eigenvalue weighted by molar-refractivity contribution is 7.16. The van der Waals surface area contributed by atoms with Gasteiger partial charge in [0.1, 0.15) is 11.9 Å². The summed E-state index contributed by atoms with van der Waals surface area (Å²) in [7, 11) is 0. The summed E-state index contributed by atoms with van der Waals surface area (Å²) in [6.45, 7) is 3.34. The van der Waals surface area contributed by atoms with Crippen LogP contribution in [0.2, 0.25) is 5.02 Å². The van der Waals surface area contributed by atoms with E-state index in [1.807, 2.05) is 0 Å². The average Bonchev–Trinajstić information content (AvgIpc) is 2.93. The Hall–Kier alpha value is -2.51. The van der Waals surface area contributed by atoms with E-state index in [1.165, 1.54) is 16.7 Å². The minimum Gasteiger partial charge on any atom is -0.480 e. The molecule has 1 aromatic heterocycles. The molecular formula is C19H16ClFN2O3S. The smallest absolute Gasteiger partial charge is 0.326 e. The summed E-state index contributed by atoms with van der Waals surface area (Å²) in [5.41, 5.74) is 1.12. The number of carbonyl (C=O) groups excluding carboxylic acids is 1. The Bertz CT molecular complexity index is 1120. The normalized spacial score (nSPS) is 13.1. The van der Waals surface area contributed by atoms with Crippen LogP contribution in [-0.4, -0.2) is 21.6 Å². The van der Waals surface area contributed by atoms with Crippen molar-refractivity contribution < 1.29 is 19.1 Å². The summed E-state index contributed by atoms with van der Waals surface area (Å²) in [4.78, 5) is 28.6. The second-order valence-electron chi connectivity index (χ2n) is 6.01. The van der Waals surface area contributed by atoms with E-state index in [0.29, 0.717) is 20.8 Å². The van der Waals surface area contributed by atoms with E-state index < -0.39 is 23.7 Å². The molecule has 3 aromatic rings. The molecule has 0 aliphatic carbocycles. The molecule has 0 spiro atoms. The fourth-order valence-corrected chi connectivity index (χ4v) is 4.12. The highest BCUT2D eigenvalue weighted by Crippen LogP contribution is 2.25. The summed E-state index contributed by atoms with van der Waals surface area (Å²) in [5.74, 6) is -2.06. The molecule has 0 fully saturated rings. The van der Waals surface area contributed by atoms with Crippen molar-refractivity contribution in [2.24, 2.45) is 4.99 Å². The van der Waals surface area contributed by atoms with Gasteiger partial charge in [-0.15, -0.1) is 0 Å². The molecule has 140 valence electrons. The van der Waals surface area contributed by atoms with Gasteiger partial charge in [0.2, 0.25) is 0 Å². The molecule has 27 heavy (non-hydrogen) atoms. The number of hydrogen-bond acceptors (Lipinski definition) is 3. The van der Waals surface area contributed by atoms with Crippen molar-refractivity contribution in [2.45, 2.75) is 26.3 Å². The van der Waals surface area contributed by atoms with Crippen molar-refractivity contribution in [1.82, 2.24) is 4.57 Å². The molecule has 2 aromatic carbocycles. The maximum Gasteiger partial charge on any atom is 0.326 e. The van der Waals surface area contributed by atoms with Crippen LogP contribution in [0.15, 0.2) is 41.4 Å². The van der Waals surface area contributed by atoms with Crippen LogP contribution in [0.4, 0.5) is 4.39 Å². The van der Waals surface area contributed by atoms with Crippen LogP contribution in [0.5, 0.6) is 0 Å². The fourth-order valence-electron chi connectivity index (χ4n) is 2.78. The van der Waals surface area contributed by atoms with Gasteiger partial charge in [0, 0.05) is 10.6 Å². The van der Waals surface area contributed by atoms with Crippen molar-refractivity contribution in [2.75, 3.05) is 0 Å². The standard InChI is InChI=1S/C19H16ClFN2O3S/c1-3-14(18(25)26)23-15-9-13(21)10(2)7-16(15)27-19(23)22-17(24)11-5-4-6-12(20)8-11/h4-9,14H,3H2,1-2H3,(H,25,26)/b22-19-. The summed E-state index contributed by atoms with van der Waals surface area (Å²) in [5, 5.41) is 9.98. The number of thiazole rings is 1. The second kappa shape index (κ2) is 7.62. The average molecular weight is 407 g/mol. The number of benzene rings is 2. The first-order valence-electron chi connectivity index (χ1n) is 8.20. The predicted molar refractivity (Wildman–Crippen MR) is 103 cm³/mol. The third kappa shape index (κ3) is 3.79. The van der Waals surface area contributed by atoms with Gasteiger partial charge < -0.3 is 9.67 Å². The number of aryl methyl sites for hydroxylation is 1. The minimum absolute atomic E-state index is 0.203. The van der Waals surface area contributed by atoms with E-state index in [4.69, 9.17) is 11.6 Å². The number of carboxylic acid groups (broad SMARTS) is 1. The molecule has 1 amide bonds. The monoisotopic (exact) mass is 406 g/mol. The Morgan fingerprint density at radius 1 is 1.33 bits per heavy atom. The third-order valence-corrected chi connectivity index (χ3v) is 5.41. The summed E-state index contributed by atoms with van der Waals surface area (Å²) in [6, 6.07) is 8.29. The lowest BCUT2D eigenvalue weighted by Crippen LogP contribution is -2.27. The Morgan fingerprint density at radius 2 is 2.07 bits per heavy atom. The van der Waals surface area contributed by atoms with Crippen LogP contribution in [0.25, 0.3) is 10.2 Å². The second-order valence-corrected chi connectivity index (χ2v) is 7.46. The van der Waals surface area contributed by atoms with Gasteiger partial charge in [0.15, 0.2) is 4.80 Å². The van der Waals surface area contributed by atoms with Crippen LogP contribution in [-0.2, 0) is 4.79 Å². The molecule has 0 aliphatic heterocycles. The lowest BCUT2D eigenvalue weighted by Gasteiger charge is -2.13. The zero-order valence-electron chi connectivity index (χ0n) is 14.6. The Labute approximate surface area is 163 Å². The number of halogens is 2. The molecule has 8 heteroatoms. The molecule has 1 heterocycles. The van der Waals surface area contributed by atoms with Crippen LogP contribution >= 0.6 is 22.9 Å². The van der Waals surface area contributed by atoms with Gasteiger partial charge in [-0.25, -0.2) is 9.18 Å². The summed E-state index contributed by atoms with van der Waals surface area (Å²) in [6.07, 6.45) is 0.259. The number of nitrogens with zero attached hydrogens (tertiary/aromatic N) is 2. The first-order chi connectivity index (χ1) is 12.8. The molecule has 0 saturated carbocycles. The van der Waals surface area contributed by atoms with E-state index in [2.05, 4.69) is 4.99 Å². The zero-order chi connectivity index (χ0) is 19.7. The zero-order valence-corrected chi connectivity index (χ0v) is 16.1. The van der Waals surface area contributed by atoms with Crippen molar-refractivity contribution in [3.05, 3.63) is 63.2 Å². The highest BCUT2D eigenvalue weighted by atomic mass is 35.5. The molecule has 3 rings (SSSR count). The van der Waals surface area contributed by atoms with E-state index >= 15 is 0 Å². The third-order valence-electron chi connectivity index (χ3n) is 4.16. The Morgan fingerprint density at radius 3 is 2.70 bits per heavy atom. The molecule has 1 N–H and O–H groups in total. The largest absolute Gasteiger partial charge is 0.480 e. The number of aromatic nitrogens is 1. The number of aliphatic carboxylic acids is 1. The van der Waals surface area contributed by atoms with E-state index in [9.17, 15) is 19.1 Å². The van der Waals surface area contributed by atoms with E-state index in [0.717, 1.165) is 11.3 Å². The quantitative estimate of drug-likeness (QED) is 0.689. The minimum atomic E-state index is -1.07. The first-order valence-corrected chi connectivity index (χ1v) is 9.40. The maximum absolute atomic E-state index is 14.1. The molecule has 0 radical (unpaired) electrons. The van der Waals surface area contributed by atoms with Crippen LogP contribution in [0.1, 0.15) is 35.3 Å². The lowest BCUT2D eigenvalue weighted by atomic mass is 10.2. The van der Waals surface area contributed by atoms with Crippen molar-refractivity contribution >= 4 is 45.0 Å².